The zero-order valence-electron chi connectivity index (χ0n) is 7.30. The maximum Gasteiger partial charge on any atom is 1.00 e. The number of aliphatic hydroxyl groups excluding tert-OH is 3. The van der Waals surface area contributed by atoms with Gasteiger partial charge in [0.25, 0.3) is 0 Å². The molecular weight excluding hydrogens is 191 g/mol. The molecule has 0 aliphatic rings. The zero-order valence-corrected chi connectivity index (χ0v) is 9.30. The second-order valence-corrected chi connectivity index (χ2v) is 2.52. The first kappa shape index (κ1) is 15.8. The molecular formula is C6H11NaO6. The van der Waals surface area contributed by atoms with Crippen LogP contribution >= 0.6 is 0 Å². The van der Waals surface area contributed by atoms with Gasteiger partial charge in [-0.15, -0.1) is 0 Å². The smallest absolute Gasteiger partial charge is 0.547 e. The van der Waals surface area contributed by atoms with Crippen LogP contribution in [0.25, 0.3) is 0 Å². The van der Waals surface area contributed by atoms with E-state index in [-0.39, 0.29) is 29.6 Å². The van der Waals surface area contributed by atoms with Gasteiger partial charge < -0.3 is 30.3 Å². The van der Waals surface area contributed by atoms with Crippen molar-refractivity contribution in [2.24, 2.45) is 0 Å². The van der Waals surface area contributed by atoms with Crippen LogP contribution in [0, 0.1) is 0 Å². The monoisotopic (exact) mass is 202 g/mol. The van der Waals surface area contributed by atoms with E-state index < -0.39 is 37.3 Å². The molecule has 0 unspecified atom stereocenters. The first-order valence-electron chi connectivity index (χ1n) is 3.30. The summed E-state index contributed by atoms with van der Waals surface area (Å²) in [5.74, 6) is -1.88. The summed E-state index contributed by atoms with van der Waals surface area (Å²) >= 11 is 0. The minimum absolute atomic E-state index is 0. The molecule has 0 aromatic carbocycles. The minimum atomic E-state index is -2.48. The number of rotatable bonds is 5. The van der Waals surface area contributed by atoms with Crippen LogP contribution in [-0.2, 0) is 4.79 Å². The van der Waals surface area contributed by atoms with E-state index in [9.17, 15) is 9.90 Å². The van der Waals surface area contributed by atoms with Crippen LogP contribution in [0.3, 0.4) is 0 Å². The molecule has 0 rings (SSSR count). The maximum atomic E-state index is 10.2. The van der Waals surface area contributed by atoms with Crippen LogP contribution < -0.4 is 34.7 Å². The summed E-state index contributed by atoms with van der Waals surface area (Å²) in [7, 11) is 0. The Morgan fingerprint density at radius 1 is 1.46 bits per heavy atom. The molecule has 6 nitrogen and oxygen atoms in total. The second-order valence-electron chi connectivity index (χ2n) is 2.52. The van der Waals surface area contributed by atoms with Crippen molar-refractivity contribution in [3.05, 3.63) is 0 Å². The minimum Gasteiger partial charge on any atom is -0.547 e. The molecule has 0 amide bonds. The summed E-state index contributed by atoms with van der Waals surface area (Å²) < 4.78 is 0. The van der Waals surface area contributed by atoms with E-state index in [1.807, 2.05) is 0 Å². The molecule has 0 heterocycles. The van der Waals surface area contributed by atoms with E-state index >= 15 is 0 Å². The van der Waals surface area contributed by atoms with E-state index in [0.717, 1.165) is 0 Å². The molecule has 0 aliphatic carbocycles. The summed E-state index contributed by atoms with van der Waals surface area (Å²) in [6.45, 7) is -1.75. The molecule has 72 valence electrons. The van der Waals surface area contributed by atoms with Gasteiger partial charge in [0, 0.05) is 6.42 Å². The van der Waals surface area contributed by atoms with Crippen LogP contribution in [0.15, 0.2) is 0 Å². The third-order valence-corrected chi connectivity index (χ3v) is 1.43. The van der Waals surface area contributed by atoms with Crippen molar-refractivity contribution in [2.75, 3.05) is 13.2 Å². The molecule has 0 aromatic heterocycles. The van der Waals surface area contributed by atoms with Crippen LogP contribution in [0.5, 0.6) is 0 Å². The van der Waals surface area contributed by atoms with Crippen LogP contribution in [0.2, 0.25) is 0 Å². The maximum absolute atomic E-state index is 10.2. The third kappa shape index (κ3) is 4.92. The van der Waals surface area contributed by atoms with Gasteiger partial charge in [0.05, 0.1) is 25.3 Å². The Labute approximate surface area is 97.1 Å². The molecule has 0 fully saturated rings. The van der Waals surface area contributed by atoms with Gasteiger partial charge in [0.2, 0.25) is 0 Å². The van der Waals surface area contributed by atoms with Crippen molar-refractivity contribution in [1.82, 2.24) is 0 Å². The Morgan fingerprint density at radius 3 is 2.15 bits per heavy atom. The van der Waals surface area contributed by atoms with E-state index in [2.05, 4.69) is 0 Å². The fraction of sp³-hybridized carbons (Fsp3) is 0.833. The number of carboxylic acids is 1. The van der Waals surface area contributed by atoms with Crippen molar-refractivity contribution < 1.29 is 59.9 Å². The Balaban J connectivity index is 0. The fourth-order valence-corrected chi connectivity index (χ4v) is 0.667. The normalized spacial score (nSPS) is 16.9. The van der Waals surface area contributed by atoms with E-state index in [1.165, 1.54) is 0 Å². The van der Waals surface area contributed by atoms with Gasteiger partial charge in [-0.1, -0.05) is 0 Å². The van der Waals surface area contributed by atoms with Crippen molar-refractivity contribution in [1.29, 1.82) is 0 Å². The van der Waals surface area contributed by atoms with Crippen molar-refractivity contribution >= 4 is 5.97 Å². The molecule has 7 heteroatoms. The first-order valence-corrected chi connectivity index (χ1v) is 3.30. The molecule has 0 aliphatic heterocycles. The molecule has 0 radical (unpaired) electrons. The van der Waals surface area contributed by atoms with Crippen LogP contribution in [0.4, 0.5) is 0 Å². The first-order chi connectivity index (χ1) is 5.46. The molecule has 2 atom stereocenters. The molecule has 0 aromatic rings. The Bertz CT molecular complexity index is 163. The van der Waals surface area contributed by atoms with Crippen molar-refractivity contribution in [3.63, 3.8) is 0 Å². The van der Waals surface area contributed by atoms with E-state index in [0.29, 0.717) is 0 Å². The summed E-state index contributed by atoms with van der Waals surface area (Å²) in [6.07, 6.45) is -2.05. The number of carboxylic acid groups (broad SMARTS) is 1. The number of hydrogen-bond acceptors (Lipinski definition) is 6. The molecule has 0 spiro atoms. The van der Waals surface area contributed by atoms with Gasteiger partial charge in [0.15, 0.2) is 0 Å². The molecule has 4 N–H and O–H groups in total. The number of aliphatic hydroxyl groups is 4. The predicted molar refractivity (Wildman–Crippen MR) is 34.8 cm³/mol. The number of hydrogen-bond donors (Lipinski definition) is 4. The van der Waals surface area contributed by atoms with Gasteiger partial charge in [0.1, 0.15) is 5.60 Å². The largest absolute Gasteiger partial charge is 1.00 e. The summed E-state index contributed by atoms with van der Waals surface area (Å²) in [4.78, 5) is 10.2. The summed E-state index contributed by atoms with van der Waals surface area (Å²) in [6, 6.07) is 0. The topological polar surface area (TPSA) is 121 Å². The quantitative estimate of drug-likeness (QED) is 0.329. The molecule has 0 saturated carbocycles. The number of carbonyl (C=O) groups excluding carboxylic acids is 1. The van der Waals surface area contributed by atoms with Crippen molar-refractivity contribution in [3.8, 4) is 0 Å². The van der Waals surface area contributed by atoms with E-state index in [4.69, 9.17) is 20.4 Å². The van der Waals surface area contributed by atoms with Gasteiger partial charge in [-0.05, 0) is 0 Å². The summed E-state index contributed by atoms with van der Waals surface area (Å²) in [5, 5.41) is 44.7. The van der Waals surface area contributed by atoms with Crippen molar-refractivity contribution in [2.45, 2.75) is 18.1 Å². The average molecular weight is 202 g/mol. The zero-order chi connectivity index (χ0) is 9.78. The average Bonchev–Trinajstić information content (AvgIpc) is 2.03. The third-order valence-electron chi connectivity index (χ3n) is 1.43. The summed E-state index contributed by atoms with van der Waals surface area (Å²) in [5.41, 5.74) is -2.48. The second kappa shape index (κ2) is 6.72. The van der Waals surface area contributed by atoms with Gasteiger partial charge in [-0.3, -0.25) is 0 Å². The molecule has 0 bridgehead atoms. The fourth-order valence-electron chi connectivity index (χ4n) is 0.667. The Hall–Kier alpha value is 0.310. The molecule has 13 heavy (non-hydrogen) atoms. The SMILES string of the molecule is O=C([O-])[C@@](O)(CO)C[C@H](O)CO.[Na+]. The van der Waals surface area contributed by atoms with Gasteiger partial charge in [-0.2, -0.15) is 0 Å². The van der Waals surface area contributed by atoms with Gasteiger partial charge in [-0.25, -0.2) is 0 Å². The number of aliphatic carboxylic acids is 1. The molecule has 0 saturated heterocycles. The van der Waals surface area contributed by atoms with E-state index in [1.54, 1.807) is 0 Å². The predicted octanol–water partition coefficient (Wildman–Crippen LogP) is -6.79. The van der Waals surface area contributed by atoms with Gasteiger partial charge >= 0.3 is 29.6 Å². The Morgan fingerprint density at radius 2 is 1.92 bits per heavy atom. The number of carbonyl (C=O) groups is 1. The Kier molecular flexibility index (Phi) is 8.15. The van der Waals surface area contributed by atoms with Crippen LogP contribution in [0.1, 0.15) is 6.42 Å². The van der Waals surface area contributed by atoms with Crippen LogP contribution in [-0.4, -0.2) is 51.3 Å². The standard InChI is InChI=1S/C6H12O6.Na/c7-2-4(9)1-6(12,3-8)5(10)11;/h4,7-9,12H,1-3H2,(H,10,11);/q;+1/p-1/t4-,6-;/m0./s1.